The second-order valence-electron chi connectivity index (χ2n) is 17.0. The number of benzene rings is 3. The van der Waals surface area contributed by atoms with E-state index in [2.05, 4.69) is 124 Å². The fraction of sp³-hybridized carbons (Fsp3) is 0.521. The Labute approximate surface area is 332 Å². The van der Waals surface area contributed by atoms with Gasteiger partial charge in [-0.25, -0.2) is 0 Å². The molecule has 3 aromatic carbocycles. The maximum absolute atomic E-state index is 8.99. The summed E-state index contributed by atoms with van der Waals surface area (Å²) < 4.78 is -0.516. The van der Waals surface area contributed by atoms with Crippen LogP contribution in [-0.4, -0.2) is 40.2 Å². The Morgan fingerprint density at radius 3 is 1.58 bits per heavy atom. The van der Waals surface area contributed by atoms with Gasteiger partial charge in [-0.1, -0.05) is 129 Å². The number of allylic oxidation sites excluding steroid dienone is 2. The third-order valence-electron chi connectivity index (χ3n) is 13.2. The van der Waals surface area contributed by atoms with Crippen molar-refractivity contribution in [2.75, 3.05) is 22.9 Å². The molecule has 4 aliphatic rings. The summed E-state index contributed by atoms with van der Waals surface area (Å²) in [5.74, 6) is 4.07. The number of anilines is 2. The topological polar surface area (TPSA) is 6.48 Å². The molecule has 1 heterocycles. The molecule has 4 fully saturated rings. The van der Waals surface area contributed by atoms with E-state index in [4.69, 9.17) is 23.2 Å². The Morgan fingerprint density at radius 1 is 0.642 bits per heavy atom. The summed E-state index contributed by atoms with van der Waals surface area (Å²) in [4.78, 5) is 5.35. The molecule has 0 bridgehead atoms. The van der Waals surface area contributed by atoms with E-state index in [9.17, 15) is 0 Å². The molecule has 284 valence electrons. The molecule has 7 rings (SSSR count). The summed E-state index contributed by atoms with van der Waals surface area (Å²) in [7, 11) is 0. The normalized spacial score (nSPS) is 23.7. The summed E-state index contributed by atoms with van der Waals surface area (Å²) in [6.45, 7) is 13.5. The highest BCUT2D eigenvalue weighted by atomic mass is 35.5. The highest BCUT2D eigenvalue weighted by Gasteiger charge is 2.57. The lowest BCUT2D eigenvalue weighted by atomic mass is 9.91. The number of rotatable bonds is 7. The number of hydrogen-bond acceptors (Lipinski definition) is 2. The zero-order chi connectivity index (χ0) is 37.3. The summed E-state index contributed by atoms with van der Waals surface area (Å²) in [5, 5.41) is -0.116. The summed E-state index contributed by atoms with van der Waals surface area (Å²) >= 11 is 17.0. The van der Waals surface area contributed by atoms with Gasteiger partial charge in [-0.3, -0.25) is 0 Å². The minimum atomic E-state index is -2.06. The highest BCUT2D eigenvalue weighted by Crippen LogP contribution is 2.77. The summed E-state index contributed by atoms with van der Waals surface area (Å²) in [6, 6.07) is 20.4. The number of alkyl halides is 2. The van der Waals surface area contributed by atoms with Gasteiger partial charge in [-0.15, -0.1) is 23.2 Å². The fourth-order valence-corrected chi connectivity index (χ4v) is 19.8. The van der Waals surface area contributed by atoms with Crippen LogP contribution in [0.5, 0.6) is 0 Å². The Kier molecular flexibility index (Phi) is 12.0. The van der Waals surface area contributed by atoms with Crippen LogP contribution in [0.2, 0.25) is 0 Å². The predicted molar refractivity (Wildman–Crippen MR) is 237 cm³/mol. The Hall–Kier alpha value is -2.38. The van der Waals surface area contributed by atoms with Gasteiger partial charge in [0.05, 0.1) is 9.99 Å². The minimum absolute atomic E-state index is 0.116. The van der Waals surface area contributed by atoms with E-state index in [-0.39, 0.29) is 5.38 Å². The smallest absolute Gasteiger partial charge is 0.116 e. The number of aryl methyl sites for hydroxylation is 6. The average molecular weight is 770 g/mol. The van der Waals surface area contributed by atoms with E-state index < -0.39 is 11.5 Å². The molecule has 0 spiro atoms. The lowest BCUT2D eigenvalue weighted by Crippen LogP contribution is -2.45. The molecule has 5 heteroatoms. The van der Waals surface area contributed by atoms with Crippen LogP contribution >= 0.6 is 30.1 Å². The average Bonchev–Trinajstić information content (AvgIpc) is 3.53. The molecule has 3 aromatic rings. The van der Waals surface area contributed by atoms with Crippen molar-refractivity contribution in [3.8, 4) is 0 Å². The molecule has 2 nitrogen and oxygen atoms in total. The minimum Gasteiger partial charge on any atom is -0.325 e. The van der Waals surface area contributed by atoms with Crippen molar-refractivity contribution in [3.05, 3.63) is 111 Å². The molecule has 2 unspecified atom stereocenters. The first-order valence-corrected chi connectivity index (χ1v) is 23.6. The zero-order valence-electron chi connectivity index (χ0n) is 33.4. The Bertz CT molecular complexity index is 1760. The van der Waals surface area contributed by atoms with Crippen LogP contribution < -0.4 is 9.80 Å². The molecule has 0 N–H and O–H groups in total. The zero-order valence-corrected chi connectivity index (χ0v) is 35.8. The fourth-order valence-electron chi connectivity index (χ4n) is 11.3. The van der Waals surface area contributed by atoms with Crippen molar-refractivity contribution >= 4 is 53.3 Å². The van der Waals surface area contributed by atoms with Crippen LogP contribution in [0.3, 0.4) is 0 Å². The molecule has 3 aliphatic carbocycles. The number of hydrogen-bond donors (Lipinski definition) is 0. The van der Waals surface area contributed by atoms with Gasteiger partial charge < -0.3 is 9.80 Å². The lowest BCUT2D eigenvalue weighted by molar-refractivity contribution is 0.469. The maximum atomic E-state index is 8.99. The Balaban J connectivity index is 1.56. The second kappa shape index (κ2) is 16.4. The summed E-state index contributed by atoms with van der Waals surface area (Å²) in [6.07, 6.45) is 21.0. The van der Waals surface area contributed by atoms with Gasteiger partial charge in [0.1, 0.15) is 5.82 Å². The predicted octanol–water partition coefficient (Wildman–Crippen LogP) is 14.0. The van der Waals surface area contributed by atoms with Gasteiger partial charge in [0.2, 0.25) is 0 Å². The van der Waals surface area contributed by atoms with Gasteiger partial charge in [0.15, 0.2) is 0 Å². The van der Waals surface area contributed by atoms with Crippen LogP contribution in [-0.2, 0) is 0 Å². The third-order valence-corrected chi connectivity index (χ3v) is 20.7. The molecule has 0 radical (unpaired) electrons. The Morgan fingerprint density at radius 2 is 1.11 bits per heavy atom. The van der Waals surface area contributed by atoms with E-state index in [0.717, 1.165) is 32.4 Å². The van der Waals surface area contributed by atoms with Gasteiger partial charge in [-0.05, 0) is 126 Å². The van der Waals surface area contributed by atoms with Gasteiger partial charge in [0.25, 0.3) is 0 Å². The monoisotopic (exact) mass is 768 g/mol. The molecular formula is C48H63Cl2N2P. The van der Waals surface area contributed by atoms with Crippen molar-refractivity contribution in [2.45, 2.75) is 146 Å². The standard InChI is InChI=1S/C48H63Cl2N2P/c1-34-30-36(3)45(37(4)31-34)51-27-28-52(46-38(5)32-35(2)33-39(46)6)47(51)44-43(49)25-16-26-48(44,50)53(41-21-12-8-13-22-41,42-23-14-9-15-24-42)29-17-20-40-18-10-7-11-19-40/h7,10-11,17-20,29-33,41-43H,8-9,12-16,21-28H2,1-6H3. The molecular weight excluding hydrogens is 706 g/mol. The van der Waals surface area contributed by atoms with Crippen molar-refractivity contribution in [3.63, 3.8) is 0 Å². The lowest BCUT2D eigenvalue weighted by Gasteiger charge is -2.56. The van der Waals surface area contributed by atoms with Crippen molar-refractivity contribution in [1.29, 1.82) is 0 Å². The van der Waals surface area contributed by atoms with Crippen LogP contribution in [0.15, 0.2) is 72.1 Å². The largest absolute Gasteiger partial charge is 0.325 e. The van der Waals surface area contributed by atoms with Crippen LogP contribution in [0, 0.1) is 41.5 Å². The summed E-state index contributed by atoms with van der Waals surface area (Å²) in [5.41, 5.74) is 14.5. The van der Waals surface area contributed by atoms with Gasteiger partial charge >= 0.3 is 0 Å². The van der Waals surface area contributed by atoms with Crippen LogP contribution in [0.4, 0.5) is 11.4 Å². The molecule has 0 aromatic heterocycles. The van der Waals surface area contributed by atoms with Gasteiger partial charge in [0, 0.05) is 30.0 Å². The molecule has 53 heavy (non-hydrogen) atoms. The SMILES string of the molecule is Cc1cc(C)c(N2CCN(c3c(C)cc(C)cc3C)C2=C2C(Cl)CCCC2(Cl)P(=CC=Cc2ccccc2)(C2CCCCC2)C2CCCCC2)c(C)c1. The highest BCUT2D eigenvalue weighted by molar-refractivity contribution is 7.79. The molecule has 3 saturated carbocycles. The first-order chi connectivity index (χ1) is 25.5. The van der Waals surface area contributed by atoms with Crippen molar-refractivity contribution in [2.24, 2.45) is 0 Å². The van der Waals surface area contributed by atoms with Gasteiger partial charge in [-0.2, -0.15) is 0 Å². The van der Waals surface area contributed by atoms with Crippen molar-refractivity contribution < 1.29 is 0 Å². The van der Waals surface area contributed by atoms with Crippen LogP contribution in [0.1, 0.15) is 122 Å². The van der Waals surface area contributed by atoms with E-state index in [1.165, 1.54) is 126 Å². The molecule has 2 atom stereocenters. The van der Waals surface area contributed by atoms with E-state index in [1.54, 1.807) is 0 Å². The van der Waals surface area contributed by atoms with Crippen molar-refractivity contribution in [1.82, 2.24) is 0 Å². The third kappa shape index (κ3) is 7.36. The quantitative estimate of drug-likeness (QED) is 0.174. The maximum Gasteiger partial charge on any atom is 0.116 e. The molecule has 1 aliphatic heterocycles. The number of nitrogens with zero attached hydrogens (tertiary/aromatic N) is 2. The molecule has 0 amide bonds. The molecule has 1 saturated heterocycles. The van der Waals surface area contributed by atoms with E-state index >= 15 is 0 Å². The number of halogens is 2. The first-order valence-electron chi connectivity index (χ1n) is 20.8. The first kappa shape index (κ1) is 38.9. The van der Waals surface area contributed by atoms with E-state index in [0.29, 0.717) is 11.3 Å². The van der Waals surface area contributed by atoms with E-state index in [1.807, 2.05) is 0 Å². The second-order valence-corrected chi connectivity index (χ2v) is 22.6. The van der Waals surface area contributed by atoms with Crippen LogP contribution in [0.25, 0.3) is 6.08 Å².